The van der Waals surface area contributed by atoms with E-state index in [9.17, 15) is 4.79 Å². The summed E-state index contributed by atoms with van der Waals surface area (Å²) in [6.45, 7) is 14.7. The van der Waals surface area contributed by atoms with Gasteiger partial charge in [-0.1, -0.05) is 56.3 Å². The average molecular weight is 482 g/mol. The van der Waals surface area contributed by atoms with E-state index in [1.807, 2.05) is 13.8 Å². The van der Waals surface area contributed by atoms with Gasteiger partial charge >= 0.3 is 0 Å². The zero-order chi connectivity index (χ0) is 25.0. The van der Waals surface area contributed by atoms with Gasteiger partial charge in [0.25, 0.3) is 0 Å². The molecule has 0 bridgehead atoms. The maximum absolute atomic E-state index is 12.9. The first-order valence-corrected chi connectivity index (χ1v) is 13.2. The Hall–Kier alpha value is -2.25. The summed E-state index contributed by atoms with van der Waals surface area (Å²) in [5, 5.41) is 3.22. The minimum Gasteiger partial charge on any atom is -0.349 e. The van der Waals surface area contributed by atoms with Gasteiger partial charge in [-0.2, -0.15) is 0 Å². The maximum atomic E-state index is 12.9. The van der Waals surface area contributed by atoms with E-state index in [-0.39, 0.29) is 12.2 Å². The molecule has 0 radical (unpaired) electrons. The van der Waals surface area contributed by atoms with Gasteiger partial charge in [-0.15, -0.1) is 0 Å². The largest absolute Gasteiger partial charge is 0.349 e. The molecule has 192 valence electrons. The van der Waals surface area contributed by atoms with Crippen molar-refractivity contribution >= 4 is 11.6 Å². The number of amides is 1. The smallest absolute Gasteiger partial charge is 0.238 e. The Balaban J connectivity index is 1.51. The third-order valence-electron chi connectivity index (χ3n) is 6.61. The van der Waals surface area contributed by atoms with Crippen LogP contribution in [0.1, 0.15) is 62.7 Å². The van der Waals surface area contributed by atoms with Crippen LogP contribution in [0.5, 0.6) is 0 Å². The maximum Gasteiger partial charge on any atom is 0.238 e. The van der Waals surface area contributed by atoms with Crippen LogP contribution in [0, 0.1) is 0 Å². The molecule has 1 amide bonds. The molecule has 35 heavy (non-hydrogen) atoms. The van der Waals surface area contributed by atoms with Crippen molar-refractivity contribution < 1.29 is 14.3 Å². The van der Waals surface area contributed by atoms with Crippen molar-refractivity contribution in [2.75, 3.05) is 51.3 Å². The van der Waals surface area contributed by atoms with Gasteiger partial charge in [-0.25, -0.2) is 0 Å². The van der Waals surface area contributed by atoms with Crippen LogP contribution in [0.15, 0.2) is 42.5 Å². The summed E-state index contributed by atoms with van der Waals surface area (Å²) in [6, 6.07) is 14.9. The SMILES string of the molecule is CCOC(OCC)c1ccc(CN2CCCN(CC(=O)Nc3c(CC)cccc3CC)CC2)cc1. The highest BCUT2D eigenvalue weighted by atomic mass is 16.7. The fourth-order valence-electron chi connectivity index (χ4n) is 4.71. The van der Waals surface area contributed by atoms with Crippen LogP contribution in [0.25, 0.3) is 0 Å². The topological polar surface area (TPSA) is 54.0 Å². The molecule has 0 aromatic heterocycles. The first-order chi connectivity index (χ1) is 17.1. The minimum absolute atomic E-state index is 0.0859. The lowest BCUT2D eigenvalue weighted by Crippen LogP contribution is -2.36. The Morgan fingerprint density at radius 2 is 1.46 bits per heavy atom. The molecule has 0 unspecified atom stereocenters. The second-order valence-electron chi connectivity index (χ2n) is 9.10. The summed E-state index contributed by atoms with van der Waals surface area (Å²) in [5.41, 5.74) is 5.77. The Bertz CT molecular complexity index is 888. The lowest BCUT2D eigenvalue weighted by Gasteiger charge is -2.22. The van der Waals surface area contributed by atoms with Crippen LogP contribution in [0.2, 0.25) is 0 Å². The van der Waals surface area contributed by atoms with E-state index in [4.69, 9.17) is 9.47 Å². The molecule has 6 heteroatoms. The number of hydrogen-bond donors (Lipinski definition) is 1. The van der Waals surface area contributed by atoms with E-state index < -0.39 is 0 Å². The highest BCUT2D eigenvalue weighted by molar-refractivity contribution is 5.93. The fraction of sp³-hybridized carbons (Fsp3) is 0.552. The summed E-state index contributed by atoms with van der Waals surface area (Å²) in [6.07, 6.45) is 2.60. The highest BCUT2D eigenvalue weighted by Gasteiger charge is 2.19. The van der Waals surface area contributed by atoms with E-state index in [1.165, 1.54) is 16.7 Å². The van der Waals surface area contributed by atoms with Gasteiger partial charge < -0.3 is 14.8 Å². The van der Waals surface area contributed by atoms with Crippen molar-refractivity contribution in [1.82, 2.24) is 9.80 Å². The summed E-state index contributed by atoms with van der Waals surface area (Å²) in [5.74, 6) is 0.0859. The number of para-hydroxylation sites is 1. The van der Waals surface area contributed by atoms with Crippen LogP contribution >= 0.6 is 0 Å². The molecule has 2 aromatic carbocycles. The number of nitrogens with one attached hydrogen (secondary N) is 1. The highest BCUT2D eigenvalue weighted by Crippen LogP contribution is 2.23. The predicted octanol–water partition coefficient (Wildman–Crippen LogP) is 5.03. The standard InChI is InChI=1S/C29H43N3O3/c1-5-24-11-9-12-25(6-2)28(24)30-27(33)22-32-18-10-17-31(19-20-32)21-23-13-15-26(16-14-23)29(34-7-3)35-8-4/h9,11-16,29H,5-8,10,17-22H2,1-4H3,(H,30,33). The molecule has 6 nitrogen and oxygen atoms in total. The summed E-state index contributed by atoms with van der Waals surface area (Å²) in [4.78, 5) is 17.7. The Labute approximate surface area is 211 Å². The molecule has 1 heterocycles. The van der Waals surface area contributed by atoms with Crippen molar-refractivity contribution in [2.24, 2.45) is 0 Å². The van der Waals surface area contributed by atoms with Gasteiger partial charge in [0.15, 0.2) is 6.29 Å². The molecule has 1 saturated heterocycles. The second-order valence-corrected chi connectivity index (χ2v) is 9.10. The molecular weight excluding hydrogens is 438 g/mol. The Morgan fingerprint density at radius 3 is 2.06 bits per heavy atom. The van der Waals surface area contributed by atoms with Gasteiger partial charge in [0, 0.05) is 44.1 Å². The normalized spacial score (nSPS) is 15.3. The molecule has 0 aliphatic carbocycles. The van der Waals surface area contributed by atoms with Crippen LogP contribution in [-0.4, -0.2) is 61.6 Å². The van der Waals surface area contributed by atoms with Crippen molar-refractivity contribution in [3.63, 3.8) is 0 Å². The number of aryl methyl sites for hydroxylation is 2. The van der Waals surface area contributed by atoms with Gasteiger partial charge in [-0.3, -0.25) is 14.6 Å². The molecule has 0 saturated carbocycles. The summed E-state index contributed by atoms with van der Waals surface area (Å²) in [7, 11) is 0. The van der Waals surface area contributed by atoms with E-state index in [0.717, 1.165) is 63.2 Å². The number of nitrogens with zero attached hydrogens (tertiary/aromatic N) is 2. The van der Waals surface area contributed by atoms with Gasteiger partial charge in [-0.05, 0) is 62.9 Å². The zero-order valence-electron chi connectivity index (χ0n) is 22.0. The number of anilines is 1. The van der Waals surface area contributed by atoms with Crippen LogP contribution in [-0.2, 0) is 33.7 Å². The van der Waals surface area contributed by atoms with E-state index >= 15 is 0 Å². The van der Waals surface area contributed by atoms with Crippen molar-refractivity contribution in [2.45, 2.75) is 59.8 Å². The lowest BCUT2D eigenvalue weighted by molar-refractivity contribution is -0.140. The predicted molar refractivity (Wildman–Crippen MR) is 143 cm³/mol. The summed E-state index contributed by atoms with van der Waals surface area (Å²) < 4.78 is 11.4. The number of rotatable bonds is 12. The third kappa shape index (κ3) is 8.14. The number of ether oxygens (including phenoxy) is 2. The monoisotopic (exact) mass is 481 g/mol. The second kappa shape index (κ2) is 14.3. The molecule has 2 aromatic rings. The van der Waals surface area contributed by atoms with Crippen LogP contribution < -0.4 is 5.32 Å². The van der Waals surface area contributed by atoms with Gasteiger partial charge in [0.05, 0.1) is 6.54 Å². The number of hydrogen-bond acceptors (Lipinski definition) is 5. The fourth-order valence-corrected chi connectivity index (χ4v) is 4.71. The molecule has 1 fully saturated rings. The van der Waals surface area contributed by atoms with E-state index in [2.05, 4.69) is 71.4 Å². The number of benzene rings is 2. The molecule has 1 aliphatic rings. The van der Waals surface area contributed by atoms with Crippen molar-refractivity contribution in [3.8, 4) is 0 Å². The Kier molecular flexibility index (Phi) is 11.2. The first-order valence-electron chi connectivity index (χ1n) is 13.2. The molecule has 1 N–H and O–H groups in total. The third-order valence-corrected chi connectivity index (χ3v) is 6.61. The lowest BCUT2D eigenvalue weighted by atomic mass is 10.0. The quantitative estimate of drug-likeness (QED) is 0.431. The molecular formula is C29H43N3O3. The van der Waals surface area contributed by atoms with E-state index in [0.29, 0.717) is 19.8 Å². The molecule has 0 atom stereocenters. The van der Waals surface area contributed by atoms with Crippen LogP contribution in [0.3, 0.4) is 0 Å². The first kappa shape index (κ1) is 27.3. The molecule has 0 spiro atoms. The average Bonchev–Trinajstić information content (AvgIpc) is 3.09. The zero-order valence-corrected chi connectivity index (χ0v) is 22.0. The number of carbonyl (C=O) groups is 1. The summed E-state index contributed by atoms with van der Waals surface area (Å²) >= 11 is 0. The Morgan fingerprint density at radius 1 is 0.857 bits per heavy atom. The van der Waals surface area contributed by atoms with Crippen LogP contribution in [0.4, 0.5) is 5.69 Å². The minimum atomic E-state index is -0.297. The van der Waals surface area contributed by atoms with Crippen molar-refractivity contribution in [3.05, 3.63) is 64.7 Å². The molecule has 3 rings (SSSR count). The van der Waals surface area contributed by atoms with Gasteiger partial charge in [0.1, 0.15) is 0 Å². The van der Waals surface area contributed by atoms with E-state index in [1.54, 1.807) is 0 Å². The number of carbonyl (C=O) groups excluding carboxylic acids is 1. The molecule has 1 aliphatic heterocycles. The van der Waals surface area contributed by atoms with Gasteiger partial charge in [0.2, 0.25) is 5.91 Å². The van der Waals surface area contributed by atoms with Crippen molar-refractivity contribution in [1.29, 1.82) is 0 Å².